The lowest BCUT2D eigenvalue weighted by atomic mass is 9.81. The number of carbonyl (C=O) groups is 5. The summed E-state index contributed by atoms with van der Waals surface area (Å²) in [4.78, 5) is 84.0. The van der Waals surface area contributed by atoms with E-state index in [-0.39, 0.29) is 75.5 Å². The van der Waals surface area contributed by atoms with Crippen LogP contribution in [0.1, 0.15) is 125 Å². The number of esters is 1. The van der Waals surface area contributed by atoms with E-state index in [2.05, 4.69) is 39.7 Å². The number of hydrogen-bond donors (Lipinski definition) is 6. The highest BCUT2D eigenvalue weighted by molar-refractivity contribution is 6.34. The first kappa shape index (κ1) is 52.9. The number of fused-ring (bicyclic) bond motifs is 13. The number of anilines is 1. The molecule has 1 aliphatic carbocycles. The van der Waals surface area contributed by atoms with Crippen molar-refractivity contribution in [3.05, 3.63) is 94.3 Å². The topological polar surface area (TPSA) is 242 Å². The number of pyridine rings is 1. The van der Waals surface area contributed by atoms with Gasteiger partial charge in [0.25, 0.3) is 11.7 Å². The predicted octanol–water partition coefficient (Wildman–Crippen LogP) is 5.61. The fourth-order valence-corrected chi connectivity index (χ4v) is 10.9. The Balaban J connectivity index is 1.07. The highest BCUT2D eigenvalue weighted by Gasteiger charge is 2.54. The van der Waals surface area contributed by atoms with Gasteiger partial charge in [-0.15, -0.1) is 0 Å². The van der Waals surface area contributed by atoms with Gasteiger partial charge in [0.1, 0.15) is 35.4 Å². The average molecular weight is 1010 g/mol. The number of phenolic OH excluding ortho intramolecular Hbond substituents is 1. The van der Waals surface area contributed by atoms with Crippen molar-refractivity contribution in [2.75, 3.05) is 38.0 Å². The average Bonchev–Trinajstić information content (AvgIpc) is 3.86. The van der Waals surface area contributed by atoms with Crippen molar-refractivity contribution in [3.63, 3.8) is 0 Å². The Morgan fingerprint density at radius 3 is 2.38 bits per heavy atom. The Morgan fingerprint density at radius 2 is 1.70 bits per heavy atom. The summed E-state index contributed by atoms with van der Waals surface area (Å²) in [5, 5.41) is 44.9. The Kier molecular flexibility index (Phi) is 15.7. The van der Waals surface area contributed by atoms with Gasteiger partial charge in [0.05, 0.1) is 46.7 Å². The number of rotatable bonds is 7. The number of aromatic hydroxyl groups is 1. The number of hydrogen-bond acceptors (Lipinski definition) is 16. The number of benzene rings is 1. The third kappa shape index (κ3) is 11.0. The third-order valence-electron chi connectivity index (χ3n) is 15.3. The highest BCUT2D eigenvalue weighted by Crippen LogP contribution is 2.50. The molecule has 2 unspecified atom stereocenters. The van der Waals surface area contributed by atoms with Crippen LogP contribution in [-0.4, -0.2) is 134 Å². The maximum atomic E-state index is 14.8. The van der Waals surface area contributed by atoms with E-state index < -0.39 is 83.1 Å². The number of aliphatic hydroxyl groups is 2. The number of aliphatic hydroxyl groups excluding tert-OH is 2. The summed E-state index contributed by atoms with van der Waals surface area (Å²) in [7, 11) is 0. The van der Waals surface area contributed by atoms with E-state index in [1.165, 1.54) is 20.1 Å². The second kappa shape index (κ2) is 21.6. The number of amides is 2. The summed E-state index contributed by atoms with van der Waals surface area (Å²) < 4.78 is 18.4. The maximum absolute atomic E-state index is 14.8. The van der Waals surface area contributed by atoms with Crippen molar-refractivity contribution in [1.29, 1.82) is 0 Å². The van der Waals surface area contributed by atoms with Crippen LogP contribution in [0.15, 0.2) is 77.1 Å². The van der Waals surface area contributed by atoms with Crippen LogP contribution in [0.5, 0.6) is 11.5 Å². The second-order valence-electron chi connectivity index (χ2n) is 21.3. The molecule has 2 amide bonds. The molecule has 73 heavy (non-hydrogen) atoms. The van der Waals surface area contributed by atoms with Gasteiger partial charge in [0.2, 0.25) is 11.7 Å². The van der Waals surface area contributed by atoms with Crippen molar-refractivity contribution in [2.45, 2.75) is 136 Å². The number of aromatic nitrogens is 1. The second-order valence-corrected chi connectivity index (χ2v) is 21.3. The monoisotopic (exact) mass is 1010 g/mol. The SMILES string of the molecule is C/C1=C/C=C/C(C)[C@H](O)[C@@H](C)C(O)[C@@H](C)[C@H](OC(=O)CC(=O)N2CCC(Nc3cccnc3)CC2)CC/C=C/O[C@@]2(C)Oc3c(C)c(O)c4c(c3C2=O)C2=NC3(CCN(CC(C)C)CC3)NC2=C(NC1=O)C4=O. The number of piperidine rings is 2. The largest absolute Gasteiger partial charge is 0.507 e. The molecule has 2 saturated heterocycles. The minimum Gasteiger partial charge on any atom is -0.507 e. The molecule has 6 aliphatic heterocycles. The molecular weight excluding hydrogens is 935 g/mol. The number of nitrogens with one attached hydrogen (secondary N) is 3. The van der Waals surface area contributed by atoms with Crippen molar-refractivity contribution in [3.8, 4) is 11.5 Å². The third-order valence-corrected chi connectivity index (χ3v) is 15.3. The van der Waals surface area contributed by atoms with Crippen LogP contribution in [-0.2, 0) is 23.9 Å². The van der Waals surface area contributed by atoms with Crippen molar-refractivity contribution >= 4 is 40.7 Å². The highest BCUT2D eigenvalue weighted by atomic mass is 16.7. The van der Waals surface area contributed by atoms with Crippen LogP contribution in [0.2, 0.25) is 0 Å². The maximum Gasteiger partial charge on any atom is 0.315 e. The molecule has 1 aromatic heterocycles. The lowest BCUT2D eigenvalue weighted by molar-refractivity contribution is -0.159. The number of nitrogens with zero attached hydrogens (tertiary/aromatic N) is 4. The Hall–Kier alpha value is -6.37. The Labute approximate surface area is 427 Å². The lowest BCUT2D eigenvalue weighted by Gasteiger charge is -2.38. The van der Waals surface area contributed by atoms with Crippen LogP contribution in [0.4, 0.5) is 5.69 Å². The van der Waals surface area contributed by atoms with Crippen molar-refractivity contribution in [2.24, 2.45) is 28.7 Å². The molecule has 18 heteroatoms. The molecular formula is C55H71N7O11. The van der Waals surface area contributed by atoms with Crippen LogP contribution in [0.25, 0.3) is 0 Å². The predicted molar refractivity (Wildman–Crippen MR) is 272 cm³/mol. The zero-order valence-electron chi connectivity index (χ0n) is 43.2. The molecule has 392 valence electrons. The number of Topliss-reactive ketones (excluding diaryl/α,β-unsaturated/α-hetero) is 2. The standard InChI is InChI=1S/C55H71N7O11/c1-30(2)29-61-24-19-55(20-25-61)59-44-41-42-49(67)35(7)51-43(41)52(69)54(8,73-51)71-26-10-9-16-38(72-40(64)27-39(63)62-22-17-36(18-23-62)57-37-15-12-21-56-28-37)33(5)48(66)34(6)47(65)31(3)13-11-14-32(4)53(70)58-46(50(42)68)45(44)60-55/h10-15,21,26,28,30-31,33-34,36,38,47-48,57,60,65-67H,9,16-20,22-25,27,29H2,1-8H3,(H,58,70)/b13-11+,26-10+,32-14-/t31?,33-,34+,38+,47-,48?,54-/m0/s1. The quantitative estimate of drug-likeness (QED) is 0.146. The van der Waals surface area contributed by atoms with Crippen LogP contribution >= 0.6 is 0 Å². The molecule has 7 heterocycles. The van der Waals surface area contributed by atoms with Crippen LogP contribution < -0.4 is 20.7 Å². The molecule has 0 radical (unpaired) electrons. The summed E-state index contributed by atoms with van der Waals surface area (Å²) in [6.07, 6.45) is 10.5. The van der Waals surface area contributed by atoms with E-state index in [1.54, 1.807) is 69.3 Å². The van der Waals surface area contributed by atoms with E-state index in [1.807, 2.05) is 12.1 Å². The summed E-state index contributed by atoms with van der Waals surface area (Å²) in [5.41, 5.74) is 0.658. The molecule has 9 rings (SSSR count). The Bertz CT molecular complexity index is 2640. The normalized spacial score (nSPS) is 29.6. The zero-order chi connectivity index (χ0) is 52.5. The fraction of sp³-hybridized carbons (Fsp3) is 0.545. The van der Waals surface area contributed by atoms with Crippen LogP contribution in [0.3, 0.4) is 0 Å². The minimum absolute atomic E-state index is 0.0171. The number of carbonyl (C=O) groups excluding carboxylic acids is 5. The van der Waals surface area contributed by atoms with Gasteiger partial charge >= 0.3 is 11.8 Å². The number of allylic oxidation sites excluding steroid dienone is 5. The zero-order valence-corrected chi connectivity index (χ0v) is 43.2. The van der Waals surface area contributed by atoms with E-state index >= 15 is 0 Å². The van der Waals surface area contributed by atoms with Gasteiger partial charge in [-0.25, -0.2) is 0 Å². The van der Waals surface area contributed by atoms with Gasteiger partial charge in [-0.05, 0) is 63.7 Å². The smallest absolute Gasteiger partial charge is 0.315 e. The molecule has 7 atom stereocenters. The van der Waals surface area contributed by atoms with E-state index in [0.29, 0.717) is 57.8 Å². The van der Waals surface area contributed by atoms with Crippen molar-refractivity contribution < 1.29 is 53.5 Å². The first-order chi connectivity index (χ1) is 34.7. The van der Waals surface area contributed by atoms with E-state index in [0.717, 1.165) is 12.2 Å². The molecule has 2 fully saturated rings. The van der Waals surface area contributed by atoms with Gasteiger partial charge in [-0.2, -0.15) is 0 Å². The molecule has 18 nitrogen and oxygen atoms in total. The van der Waals surface area contributed by atoms with Crippen molar-refractivity contribution in [1.82, 2.24) is 25.4 Å². The molecule has 0 saturated carbocycles. The first-order valence-corrected chi connectivity index (χ1v) is 25.7. The molecule has 7 aliphatic rings. The van der Waals surface area contributed by atoms with Gasteiger partial charge < -0.3 is 55.3 Å². The summed E-state index contributed by atoms with van der Waals surface area (Å²) in [6, 6.07) is 3.93. The van der Waals surface area contributed by atoms with E-state index in [4.69, 9.17) is 19.2 Å². The molecule has 6 N–H and O–H groups in total. The van der Waals surface area contributed by atoms with Crippen LogP contribution in [0, 0.1) is 30.6 Å². The van der Waals surface area contributed by atoms with Gasteiger partial charge in [-0.1, -0.05) is 52.8 Å². The van der Waals surface area contributed by atoms with Gasteiger partial charge in [-0.3, -0.25) is 33.9 Å². The first-order valence-electron chi connectivity index (χ1n) is 25.7. The van der Waals surface area contributed by atoms with Gasteiger partial charge in [0.15, 0.2) is 0 Å². The summed E-state index contributed by atoms with van der Waals surface area (Å²) in [5.74, 6) is -6.90. The molecule has 1 aromatic carbocycles. The molecule has 5 bridgehead atoms. The number of ether oxygens (including phenoxy) is 3. The summed E-state index contributed by atoms with van der Waals surface area (Å²) >= 11 is 0. The fourth-order valence-electron chi connectivity index (χ4n) is 10.9. The summed E-state index contributed by atoms with van der Waals surface area (Å²) in [6.45, 7) is 17.3. The molecule has 1 spiro atoms. The number of likely N-dealkylation sites (tertiary alicyclic amines) is 2. The molecule has 2 aromatic rings. The van der Waals surface area contributed by atoms with Gasteiger partial charge in [0, 0.05) is 105 Å². The number of phenols is 1. The minimum atomic E-state index is -1.95. The Morgan fingerprint density at radius 1 is 0.973 bits per heavy atom. The number of ketones is 2. The number of aliphatic imine (C=N–C) groups is 1. The lowest BCUT2D eigenvalue weighted by Crippen LogP contribution is -2.50. The van der Waals surface area contributed by atoms with E-state index in [9.17, 15) is 39.3 Å².